The second kappa shape index (κ2) is 6.40. The van der Waals surface area contributed by atoms with E-state index in [-0.39, 0.29) is 0 Å². The van der Waals surface area contributed by atoms with Crippen molar-refractivity contribution in [1.82, 2.24) is 14.5 Å². The lowest BCUT2D eigenvalue weighted by molar-refractivity contribution is 0.690. The number of unbranched alkanes of at least 4 members (excludes halogenated alkanes) is 1. The molecule has 3 aromatic rings. The Morgan fingerprint density at radius 3 is 2.73 bits per heavy atom. The van der Waals surface area contributed by atoms with E-state index >= 15 is 0 Å². The van der Waals surface area contributed by atoms with Gasteiger partial charge in [-0.05, 0) is 30.2 Å². The normalized spacial score (nSPS) is 10.7. The van der Waals surface area contributed by atoms with Crippen molar-refractivity contribution < 1.29 is 0 Å². The Hall–Kier alpha value is -2.67. The Balaban J connectivity index is 1.98. The van der Waals surface area contributed by atoms with E-state index in [0.717, 1.165) is 42.7 Å². The van der Waals surface area contributed by atoms with Gasteiger partial charge in [-0.2, -0.15) is 5.26 Å². The summed E-state index contributed by atoms with van der Waals surface area (Å²) in [5, 5.41) is 8.90. The summed E-state index contributed by atoms with van der Waals surface area (Å²) in [6.45, 7) is 2.96. The molecular formula is C18H18N4. The van der Waals surface area contributed by atoms with Crippen molar-refractivity contribution in [2.75, 3.05) is 0 Å². The third kappa shape index (κ3) is 2.84. The zero-order valence-electron chi connectivity index (χ0n) is 12.7. The molecule has 0 bridgehead atoms. The van der Waals surface area contributed by atoms with Crippen molar-refractivity contribution in [1.29, 1.82) is 5.26 Å². The third-order valence-corrected chi connectivity index (χ3v) is 3.81. The lowest BCUT2D eigenvalue weighted by atomic mass is 10.1. The minimum Gasteiger partial charge on any atom is -0.323 e. The molecule has 4 heteroatoms. The van der Waals surface area contributed by atoms with Crippen LogP contribution in [0.3, 0.4) is 0 Å². The second-order valence-electron chi connectivity index (χ2n) is 5.39. The summed E-state index contributed by atoms with van der Waals surface area (Å²) in [5.74, 6) is 1.11. The quantitative estimate of drug-likeness (QED) is 0.720. The maximum atomic E-state index is 8.90. The highest BCUT2D eigenvalue weighted by Crippen LogP contribution is 2.19. The molecule has 2 heterocycles. The molecule has 0 saturated carbocycles. The highest BCUT2D eigenvalue weighted by molar-refractivity contribution is 5.74. The summed E-state index contributed by atoms with van der Waals surface area (Å²) in [4.78, 5) is 8.89. The van der Waals surface area contributed by atoms with Crippen molar-refractivity contribution in [3.05, 3.63) is 59.7 Å². The van der Waals surface area contributed by atoms with Gasteiger partial charge in [0.25, 0.3) is 0 Å². The van der Waals surface area contributed by atoms with Crippen molar-refractivity contribution in [2.24, 2.45) is 0 Å². The van der Waals surface area contributed by atoms with Crippen LogP contribution in [0.4, 0.5) is 0 Å². The average molecular weight is 290 g/mol. The molecule has 0 fully saturated rings. The molecule has 0 saturated heterocycles. The number of nitriles is 1. The SMILES string of the molecule is CCCCc1nc2cnccc2n1Cc1ccc(C#N)cc1. The molecule has 3 rings (SSSR count). The van der Waals surface area contributed by atoms with Crippen LogP contribution in [0.1, 0.15) is 36.7 Å². The molecule has 0 spiro atoms. The zero-order valence-corrected chi connectivity index (χ0v) is 12.7. The molecule has 0 unspecified atom stereocenters. The van der Waals surface area contributed by atoms with E-state index in [2.05, 4.69) is 22.5 Å². The Morgan fingerprint density at radius 1 is 1.18 bits per heavy atom. The Bertz CT molecular complexity index is 809. The van der Waals surface area contributed by atoms with Gasteiger partial charge < -0.3 is 4.57 Å². The van der Waals surface area contributed by atoms with E-state index in [4.69, 9.17) is 10.2 Å². The van der Waals surface area contributed by atoms with Gasteiger partial charge >= 0.3 is 0 Å². The van der Waals surface area contributed by atoms with E-state index in [1.165, 1.54) is 5.56 Å². The highest BCUT2D eigenvalue weighted by atomic mass is 15.1. The van der Waals surface area contributed by atoms with Crippen LogP contribution in [-0.4, -0.2) is 14.5 Å². The number of aromatic nitrogens is 3. The van der Waals surface area contributed by atoms with Crippen LogP contribution in [0.15, 0.2) is 42.7 Å². The number of hydrogen-bond donors (Lipinski definition) is 0. The maximum absolute atomic E-state index is 8.90. The molecule has 0 atom stereocenters. The van der Waals surface area contributed by atoms with Gasteiger partial charge in [-0.3, -0.25) is 4.98 Å². The lowest BCUT2D eigenvalue weighted by Gasteiger charge is -2.09. The standard InChI is InChI=1S/C18H18N4/c1-2-3-4-18-21-16-12-20-10-9-17(16)22(18)13-15-7-5-14(11-19)6-8-15/h5-10,12H,2-4,13H2,1H3. The molecular weight excluding hydrogens is 272 g/mol. The number of rotatable bonds is 5. The van der Waals surface area contributed by atoms with Crippen LogP contribution < -0.4 is 0 Å². The van der Waals surface area contributed by atoms with E-state index in [1.807, 2.05) is 42.7 Å². The number of nitrogens with zero attached hydrogens (tertiary/aromatic N) is 4. The minimum absolute atomic E-state index is 0.689. The van der Waals surface area contributed by atoms with Gasteiger partial charge in [-0.1, -0.05) is 25.5 Å². The lowest BCUT2D eigenvalue weighted by Crippen LogP contribution is -2.05. The van der Waals surface area contributed by atoms with Crippen molar-refractivity contribution >= 4 is 11.0 Å². The van der Waals surface area contributed by atoms with Crippen LogP contribution in [0.25, 0.3) is 11.0 Å². The monoisotopic (exact) mass is 290 g/mol. The van der Waals surface area contributed by atoms with Crippen molar-refractivity contribution in [3.63, 3.8) is 0 Å². The molecule has 0 aliphatic rings. The van der Waals surface area contributed by atoms with E-state index in [9.17, 15) is 0 Å². The molecule has 1 aromatic carbocycles. The summed E-state index contributed by atoms with van der Waals surface area (Å²) in [7, 11) is 0. The molecule has 22 heavy (non-hydrogen) atoms. The molecule has 0 aliphatic carbocycles. The molecule has 2 aromatic heterocycles. The number of imidazole rings is 1. The van der Waals surface area contributed by atoms with Crippen LogP contribution >= 0.6 is 0 Å². The molecule has 0 N–H and O–H groups in total. The Morgan fingerprint density at radius 2 is 2.00 bits per heavy atom. The van der Waals surface area contributed by atoms with Crippen molar-refractivity contribution in [2.45, 2.75) is 32.7 Å². The number of hydrogen-bond acceptors (Lipinski definition) is 3. The molecule has 0 radical (unpaired) electrons. The van der Waals surface area contributed by atoms with Crippen LogP contribution in [-0.2, 0) is 13.0 Å². The smallest absolute Gasteiger partial charge is 0.110 e. The van der Waals surface area contributed by atoms with Gasteiger partial charge in [-0.25, -0.2) is 4.98 Å². The average Bonchev–Trinajstić information content (AvgIpc) is 2.91. The predicted octanol–water partition coefficient (Wildman–Crippen LogP) is 3.69. The summed E-state index contributed by atoms with van der Waals surface area (Å²) in [6.07, 6.45) is 6.88. The first-order valence-electron chi connectivity index (χ1n) is 7.60. The first kappa shape index (κ1) is 14.3. The van der Waals surface area contributed by atoms with E-state index < -0.39 is 0 Å². The van der Waals surface area contributed by atoms with Crippen LogP contribution in [0.5, 0.6) is 0 Å². The topological polar surface area (TPSA) is 54.5 Å². The van der Waals surface area contributed by atoms with Crippen LogP contribution in [0.2, 0.25) is 0 Å². The second-order valence-corrected chi connectivity index (χ2v) is 5.39. The zero-order chi connectivity index (χ0) is 15.4. The van der Waals surface area contributed by atoms with Crippen molar-refractivity contribution in [3.8, 4) is 6.07 Å². The Kier molecular flexibility index (Phi) is 4.15. The number of fused-ring (bicyclic) bond motifs is 1. The molecule has 110 valence electrons. The summed E-state index contributed by atoms with van der Waals surface area (Å²) in [5.41, 5.74) is 3.93. The maximum Gasteiger partial charge on any atom is 0.110 e. The van der Waals surface area contributed by atoms with E-state index in [0.29, 0.717) is 5.56 Å². The van der Waals surface area contributed by atoms with Gasteiger partial charge in [0.1, 0.15) is 11.3 Å². The first-order chi connectivity index (χ1) is 10.8. The van der Waals surface area contributed by atoms with Gasteiger partial charge in [-0.15, -0.1) is 0 Å². The number of pyridine rings is 1. The van der Waals surface area contributed by atoms with Gasteiger partial charge in [0.05, 0.1) is 23.3 Å². The highest BCUT2D eigenvalue weighted by Gasteiger charge is 2.10. The fourth-order valence-corrected chi connectivity index (χ4v) is 2.60. The number of benzene rings is 1. The largest absolute Gasteiger partial charge is 0.323 e. The first-order valence-corrected chi connectivity index (χ1v) is 7.60. The van der Waals surface area contributed by atoms with Gasteiger partial charge in [0.2, 0.25) is 0 Å². The molecule has 4 nitrogen and oxygen atoms in total. The minimum atomic E-state index is 0.689. The van der Waals surface area contributed by atoms with Gasteiger partial charge in [0, 0.05) is 19.2 Å². The summed E-state index contributed by atoms with van der Waals surface area (Å²) < 4.78 is 2.26. The van der Waals surface area contributed by atoms with E-state index in [1.54, 1.807) is 0 Å². The van der Waals surface area contributed by atoms with Gasteiger partial charge in [0.15, 0.2) is 0 Å². The fourth-order valence-electron chi connectivity index (χ4n) is 2.60. The third-order valence-electron chi connectivity index (χ3n) is 3.81. The number of aryl methyl sites for hydroxylation is 1. The predicted molar refractivity (Wildman–Crippen MR) is 86.4 cm³/mol. The summed E-state index contributed by atoms with van der Waals surface area (Å²) >= 11 is 0. The van der Waals surface area contributed by atoms with Crippen LogP contribution in [0, 0.1) is 11.3 Å². The Labute approximate surface area is 130 Å². The molecule has 0 aliphatic heterocycles. The summed E-state index contributed by atoms with van der Waals surface area (Å²) in [6, 6.07) is 11.9. The fraction of sp³-hybridized carbons (Fsp3) is 0.278. The molecule has 0 amide bonds.